The fourth-order valence-corrected chi connectivity index (χ4v) is 5.02. The number of nitrogens with one attached hydrogen (secondary N) is 2. The zero-order valence-corrected chi connectivity index (χ0v) is 23.0. The molecule has 1 aliphatic rings. The van der Waals surface area contributed by atoms with Crippen molar-refractivity contribution < 1.29 is 0 Å². The van der Waals surface area contributed by atoms with E-state index in [-0.39, 0.29) is 0 Å². The van der Waals surface area contributed by atoms with Crippen molar-refractivity contribution in [2.75, 3.05) is 58.8 Å². The lowest BCUT2D eigenvalue weighted by Gasteiger charge is -2.33. The minimum Gasteiger partial charge on any atom is -0.352 e. The molecule has 1 saturated heterocycles. The van der Waals surface area contributed by atoms with Gasteiger partial charge in [-0.05, 0) is 82.4 Å². The van der Waals surface area contributed by atoms with Crippen LogP contribution >= 0.6 is 0 Å². The largest absolute Gasteiger partial charge is 0.352 e. The van der Waals surface area contributed by atoms with E-state index in [1.807, 2.05) is 18.3 Å². The Balaban J connectivity index is 1.47. The molecule has 0 saturated carbocycles. The van der Waals surface area contributed by atoms with Gasteiger partial charge in [0.2, 0.25) is 0 Å². The Labute approximate surface area is 224 Å². The summed E-state index contributed by atoms with van der Waals surface area (Å²) in [5, 5.41) is 8.89. The molecule has 2 N–H and O–H groups in total. The van der Waals surface area contributed by atoms with Crippen LogP contribution < -0.4 is 4.90 Å². The molecule has 1 fully saturated rings. The van der Waals surface area contributed by atoms with Crippen LogP contribution in [0.5, 0.6) is 0 Å². The van der Waals surface area contributed by atoms with Crippen LogP contribution in [0.2, 0.25) is 0 Å². The van der Waals surface area contributed by atoms with Gasteiger partial charge >= 0.3 is 0 Å². The van der Waals surface area contributed by atoms with Gasteiger partial charge in [-0.3, -0.25) is 5.10 Å². The topological polar surface area (TPSA) is 80.0 Å². The van der Waals surface area contributed by atoms with E-state index in [0.717, 1.165) is 90.4 Å². The quantitative estimate of drug-likeness (QED) is 0.305. The van der Waals surface area contributed by atoms with Crippen LogP contribution in [0, 0.1) is 0 Å². The van der Waals surface area contributed by atoms with Crippen LogP contribution in [0.4, 0.5) is 5.82 Å². The summed E-state index contributed by atoms with van der Waals surface area (Å²) in [4.78, 5) is 20.1. The van der Waals surface area contributed by atoms with E-state index < -0.39 is 0 Å². The highest BCUT2D eigenvalue weighted by molar-refractivity contribution is 5.97. The second-order valence-corrected chi connectivity index (χ2v) is 10.3. The molecular weight excluding hydrogens is 472 g/mol. The third kappa shape index (κ3) is 5.42. The van der Waals surface area contributed by atoms with E-state index in [9.17, 15) is 0 Å². The lowest BCUT2D eigenvalue weighted by atomic mass is 9.99. The Hall–Kier alpha value is -3.75. The molecule has 8 heteroatoms. The smallest absolute Gasteiger partial charge is 0.159 e. The molecule has 0 radical (unpaired) electrons. The van der Waals surface area contributed by atoms with Crippen molar-refractivity contribution >= 4 is 33.3 Å². The molecule has 0 unspecified atom stereocenters. The molecule has 4 heterocycles. The number of piperazine rings is 1. The molecule has 5 rings (SSSR count). The van der Waals surface area contributed by atoms with Crippen molar-refractivity contribution in [3.05, 3.63) is 66.4 Å². The highest BCUT2D eigenvalue weighted by atomic mass is 15.3. The molecule has 0 amide bonds. The Bertz CT molecular complexity index is 1480. The maximum Gasteiger partial charge on any atom is 0.159 e. The highest BCUT2D eigenvalue weighted by Crippen LogP contribution is 2.32. The first-order valence-electron chi connectivity index (χ1n) is 13.4. The van der Waals surface area contributed by atoms with Crippen molar-refractivity contribution in [3.8, 4) is 11.5 Å². The number of rotatable bonds is 9. The molecule has 4 aromatic rings. The van der Waals surface area contributed by atoms with Crippen molar-refractivity contribution in [2.24, 2.45) is 0 Å². The lowest BCUT2D eigenvalue weighted by molar-refractivity contribution is 0.312. The average molecular weight is 511 g/mol. The number of H-pyrrole nitrogens is 2. The van der Waals surface area contributed by atoms with Gasteiger partial charge < -0.3 is 19.7 Å². The fraction of sp³-hybridized carbons (Fsp3) is 0.367. The summed E-state index contributed by atoms with van der Waals surface area (Å²) in [5.41, 5.74) is 7.23. The van der Waals surface area contributed by atoms with Gasteiger partial charge in [0.15, 0.2) is 11.6 Å². The summed E-state index contributed by atoms with van der Waals surface area (Å²) in [5.74, 6) is 1.69. The number of benzene rings is 1. The second-order valence-electron chi connectivity index (χ2n) is 10.3. The SMILES string of the molecule is C=C/C(=C\C(=C/C)c1ccc2[nH]nc(-c3nc4c(N5CCN(C)CC5)nccc4[nH]3)c2c1)CCCN(C)C. The van der Waals surface area contributed by atoms with Gasteiger partial charge in [0.1, 0.15) is 11.2 Å². The van der Waals surface area contributed by atoms with Crippen molar-refractivity contribution in [1.82, 2.24) is 34.9 Å². The molecule has 0 aliphatic carbocycles. The Morgan fingerprint density at radius 2 is 1.95 bits per heavy atom. The molecule has 0 atom stereocenters. The minimum absolute atomic E-state index is 0.750. The van der Waals surface area contributed by atoms with Crippen molar-refractivity contribution in [2.45, 2.75) is 19.8 Å². The number of anilines is 1. The van der Waals surface area contributed by atoms with Crippen molar-refractivity contribution in [1.29, 1.82) is 0 Å². The molecule has 198 valence electrons. The van der Waals surface area contributed by atoms with Crippen LogP contribution in [0.3, 0.4) is 0 Å². The van der Waals surface area contributed by atoms with Crippen LogP contribution in [0.1, 0.15) is 25.3 Å². The summed E-state index contributed by atoms with van der Waals surface area (Å²) in [6.45, 7) is 11.1. The summed E-state index contributed by atoms with van der Waals surface area (Å²) in [6.07, 6.45) is 10.3. The van der Waals surface area contributed by atoms with Gasteiger partial charge in [-0.1, -0.05) is 30.9 Å². The predicted octanol–water partition coefficient (Wildman–Crippen LogP) is 5.11. The number of aromatic amines is 2. The molecule has 8 nitrogen and oxygen atoms in total. The molecule has 1 aliphatic heterocycles. The number of aromatic nitrogens is 5. The Kier molecular flexibility index (Phi) is 7.72. The number of likely N-dealkylation sites (N-methyl/N-ethyl adjacent to an activating group) is 1. The first-order valence-corrected chi connectivity index (χ1v) is 13.4. The van der Waals surface area contributed by atoms with Crippen LogP contribution in [0.15, 0.2) is 60.8 Å². The Morgan fingerprint density at radius 3 is 2.68 bits per heavy atom. The predicted molar refractivity (Wildman–Crippen MR) is 158 cm³/mol. The first kappa shape index (κ1) is 25.9. The molecule has 3 aromatic heterocycles. The monoisotopic (exact) mass is 510 g/mol. The van der Waals surface area contributed by atoms with E-state index in [1.165, 1.54) is 11.1 Å². The number of imidazole rings is 1. The third-order valence-corrected chi connectivity index (χ3v) is 7.29. The highest BCUT2D eigenvalue weighted by Gasteiger charge is 2.21. The number of pyridine rings is 1. The normalized spacial score (nSPS) is 15.8. The van der Waals surface area contributed by atoms with E-state index in [0.29, 0.717) is 0 Å². The zero-order chi connectivity index (χ0) is 26.6. The fourth-order valence-electron chi connectivity index (χ4n) is 5.02. The molecule has 1 aromatic carbocycles. The van der Waals surface area contributed by atoms with Crippen LogP contribution in [0.25, 0.3) is 39.0 Å². The number of hydrogen-bond donors (Lipinski definition) is 2. The van der Waals surface area contributed by atoms with Gasteiger partial charge in [0.25, 0.3) is 0 Å². The standard InChI is InChI=1S/C30H38N8/c1-6-21(9-8-14-36(3)4)19-22(7-2)23-10-11-25-24(20-23)27(35-34-25)29-32-26-12-13-31-30(28(26)33-29)38-17-15-37(5)16-18-38/h6-7,10-13,19-20H,1,8-9,14-18H2,2-5H3,(H,32,33)(H,34,35)/b21-19+,22-7+. The van der Waals surface area contributed by atoms with E-state index in [4.69, 9.17) is 9.97 Å². The average Bonchev–Trinajstić information content (AvgIpc) is 3.54. The van der Waals surface area contributed by atoms with Gasteiger partial charge in [-0.25, -0.2) is 9.97 Å². The third-order valence-electron chi connectivity index (χ3n) is 7.29. The van der Waals surface area contributed by atoms with Crippen LogP contribution in [-0.2, 0) is 0 Å². The molecule has 0 bridgehead atoms. The number of nitrogens with zero attached hydrogens (tertiary/aromatic N) is 6. The maximum atomic E-state index is 5.00. The van der Waals surface area contributed by atoms with Gasteiger partial charge in [-0.2, -0.15) is 5.10 Å². The van der Waals surface area contributed by atoms with E-state index >= 15 is 0 Å². The van der Waals surface area contributed by atoms with Crippen LogP contribution in [-0.4, -0.2) is 88.8 Å². The summed E-state index contributed by atoms with van der Waals surface area (Å²) in [7, 11) is 6.38. The van der Waals surface area contributed by atoms with E-state index in [1.54, 1.807) is 0 Å². The maximum absolute atomic E-state index is 5.00. The first-order chi connectivity index (χ1) is 18.5. The number of allylic oxidation sites excluding steroid dienone is 5. The van der Waals surface area contributed by atoms with Crippen molar-refractivity contribution in [3.63, 3.8) is 0 Å². The number of fused-ring (bicyclic) bond motifs is 2. The summed E-state index contributed by atoms with van der Waals surface area (Å²) >= 11 is 0. The minimum atomic E-state index is 0.750. The second kappa shape index (κ2) is 11.3. The molecule has 0 spiro atoms. The summed E-state index contributed by atoms with van der Waals surface area (Å²) < 4.78 is 0. The summed E-state index contributed by atoms with van der Waals surface area (Å²) in [6, 6.07) is 8.43. The Morgan fingerprint density at radius 1 is 1.13 bits per heavy atom. The molecule has 38 heavy (non-hydrogen) atoms. The lowest BCUT2D eigenvalue weighted by Crippen LogP contribution is -2.44. The van der Waals surface area contributed by atoms with E-state index in [2.05, 4.69) is 94.9 Å². The number of hydrogen-bond acceptors (Lipinski definition) is 6. The van der Waals surface area contributed by atoms with Gasteiger partial charge in [0.05, 0.1) is 11.0 Å². The molecular formula is C30H38N8. The zero-order valence-electron chi connectivity index (χ0n) is 23.0. The van der Waals surface area contributed by atoms with Gasteiger partial charge in [0, 0.05) is 37.8 Å². The van der Waals surface area contributed by atoms with Gasteiger partial charge in [-0.15, -0.1) is 0 Å².